The Bertz CT molecular complexity index is 1250. The summed E-state index contributed by atoms with van der Waals surface area (Å²) < 4.78 is 20.0. The summed E-state index contributed by atoms with van der Waals surface area (Å²) in [5.41, 5.74) is 3.17. The largest absolute Gasteiger partial charge is 0.486 e. The van der Waals surface area contributed by atoms with Crippen molar-refractivity contribution in [2.75, 3.05) is 7.11 Å². The Morgan fingerprint density at radius 1 is 1.06 bits per heavy atom. The maximum absolute atomic E-state index is 11.4. The Hall–Kier alpha value is -3.65. The summed E-state index contributed by atoms with van der Waals surface area (Å²) >= 11 is 1.33. The van der Waals surface area contributed by atoms with Crippen molar-refractivity contribution in [2.45, 2.75) is 18.9 Å². The van der Waals surface area contributed by atoms with Crippen LogP contribution in [0.15, 0.2) is 65.7 Å². The van der Waals surface area contributed by atoms with Gasteiger partial charge >= 0.3 is 6.01 Å². The summed E-state index contributed by atoms with van der Waals surface area (Å²) in [6.45, 7) is 0. The van der Waals surface area contributed by atoms with E-state index in [2.05, 4.69) is 20.4 Å². The van der Waals surface area contributed by atoms with Gasteiger partial charge in [-0.05, 0) is 54.3 Å². The van der Waals surface area contributed by atoms with Gasteiger partial charge in [0.25, 0.3) is 5.56 Å². The van der Waals surface area contributed by atoms with Gasteiger partial charge in [-0.2, -0.15) is 9.97 Å². The van der Waals surface area contributed by atoms with Crippen molar-refractivity contribution in [1.82, 2.24) is 14.3 Å². The van der Waals surface area contributed by atoms with Crippen LogP contribution in [-0.4, -0.2) is 21.5 Å². The van der Waals surface area contributed by atoms with Gasteiger partial charge in [0.15, 0.2) is 5.75 Å². The van der Waals surface area contributed by atoms with E-state index in [1.807, 2.05) is 36.4 Å². The minimum atomic E-state index is -0.0814. The maximum atomic E-state index is 11.4. The average molecular weight is 433 g/mol. The van der Waals surface area contributed by atoms with Gasteiger partial charge < -0.3 is 14.2 Å². The highest BCUT2D eigenvalue weighted by Gasteiger charge is 2.27. The molecule has 31 heavy (non-hydrogen) atoms. The number of aromatic amines is 1. The van der Waals surface area contributed by atoms with Crippen LogP contribution in [0, 0.1) is 0 Å². The van der Waals surface area contributed by atoms with Crippen LogP contribution in [0.25, 0.3) is 10.4 Å². The second kappa shape index (κ2) is 8.23. The molecule has 156 valence electrons. The molecular formula is C23H19N3O4S. The zero-order valence-corrected chi connectivity index (χ0v) is 17.5. The summed E-state index contributed by atoms with van der Waals surface area (Å²) in [5.74, 6) is 2.13. The molecule has 2 aromatic heterocycles. The zero-order chi connectivity index (χ0) is 21.2. The van der Waals surface area contributed by atoms with Gasteiger partial charge in [-0.3, -0.25) is 9.17 Å². The van der Waals surface area contributed by atoms with E-state index in [0.29, 0.717) is 11.8 Å². The second-order valence-electron chi connectivity index (χ2n) is 7.08. The van der Waals surface area contributed by atoms with E-state index in [0.717, 1.165) is 45.9 Å². The first-order valence-electron chi connectivity index (χ1n) is 9.81. The zero-order valence-electron chi connectivity index (χ0n) is 16.7. The molecule has 2 aromatic carbocycles. The summed E-state index contributed by atoms with van der Waals surface area (Å²) in [7, 11) is 1.52. The minimum absolute atomic E-state index is 0.0418. The molecule has 2 heterocycles. The van der Waals surface area contributed by atoms with Gasteiger partial charge in [-0.15, -0.1) is 0 Å². The Balaban J connectivity index is 1.32. The Morgan fingerprint density at radius 2 is 1.87 bits per heavy atom. The van der Waals surface area contributed by atoms with Gasteiger partial charge in [-0.1, -0.05) is 23.7 Å². The number of hydrogen-bond donors (Lipinski definition) is 1. The molecule has 0 fully saturated rings. The number of methoxy groups -OCH3 is 1. The quantitative estimate of drug-likeness (QED) is 0.472. The molecule has 0 spiro atoms. The number of benzene rings is 2. The Labute approximate surface area is 182 Å². The molecule has 1 aliphatic rings. The molecule has 0 unspecified atom stereocenters. The van der Waals surface area contributed by atoms with Crippen LogP contribution < -0.4 is 19.8 Å². The number of hydrogen-bond acceptors (Lipinski definition) is 7. The van der Waals surface area contributed by atoms with Crippen LogP contribution >= 0.6 is 11.5 Å². The number of ether oxygens (including phenoxy) is 3. The molecule has 1 atom stereocenters. The Morgan fingerprint density at radius 3 is 2.58 bits per heavy atom. The predicted octanol–water partition coefficient (Wildman–Crippen LogP) is 4.76. The first kappa shape index (κ1) is 19.3. The maximum Gasteiger partial charge on any atom is 0.316 e. The summed E-state index contributed by atoms with van der Waals surface area (Å²) in [4.78, 5) is 20.4. The van der Waals surface area contributed by atoms with E-state index < -0.39 is 0 Å². The fraction of sp³-hybridized carbons (Fsp3) is 0.174. The third-order valence-electron chi connectivity index (χ3n) is 5.13. The highest BCUT2D eigenvalue weighted by molar-refractivity contribution is 7.09. The van der Waals surface area contributed by atoms with Crippen molar-refractivity contribution in [3.63, 3.8) is 0 Å². The second-order valence-corrected chi connectivity index (χ2v) is 7.93. The number of H-pyrrole nitrogens is 1. The van der Waals surface area contributed by atoms with Gasteiger partial charge in [0.05, 0.1) is 24.4 Å². The van der Waals surface area contributed by atoms with Gasteiger partial charge in [-0.25, -0.2) is 0 Å². The lowest BCUT2D eigenvalue weighted by atomic mass is 10.1. The van der Waals surface area contributed by atoms with Crippen LogP contribution in [0.5, 0.6) is 23.3 Å². The molecular weight excluding hydrogens is 414 g/mol. The van der Waals surface area contributed by atoms with Crippen LogP contribution in [0.1, 0.15) is 23.7 Å². The highest BCUT2D eigenvalue weighted by Crippen LogP contribution is 2.41. The summed E-state index contributed by atoms with van der Waals surface area (Å²) in [6.07, 6.45) is 4.88. The van der Waals surface area contributed by atoms with E-state index >= 15 is 0 Å². The predicted molar refractivity (Wildman–Crippen MR) is 117 cm³/mol. The normalized spacial score (nSPS) is 14.8. The smallest absolute Gasteiger partial charge is 0.316 e. The third-order valence-corrected chi connectivity index (χ3v) is 6.01. The first-order chi connectivity index (χ1) is 15.2. The van der Waals surface area contributed by atoms with Gasteiger partial charge in [0.2, 0.25) is 0 Å². The standard InChI is InChI=1S/C23H19N3O4S/c1-28-23-24-12-16(13-25-23)30-19-4-2-3-17-18(19)9-10-20(17)29-15-7-5-14(6-8-15)21-11-22(27)26-31-21/h2-8,11-13,20H,9-10H2,1H3,(H,26,27)/t20-/m1/s1. The molecule has 0 radical (unpaired) electrons. The van der Waals surface area contributed by atoms with Crippen molar-refractivity contribution < 1.29 is 14.2 Å². The molecule has 8 heteroatoms. The SMILES string of the molecule is COc1ncc(Oc2cccc3c2CC[C@H]3Oc2ccc(-c3cc(=O)[nH]s3)cc2)cn1. The Kier molecular flexibility index (Phi) is 5.13. The molecule has 1 N–H and O–H groups in total. The lowest BCUT2D eigenvalue weighted by molar-refractivity contribution is 0.207. The van der Waals surface area contributed by atoms with E-state index in [-0.39, 0.29) is 11.7 Å². The van der Waals surface area contributed by atoms with Crippen molar-refractivity contribution in [2.24, 2.45) is 0 Å². The lowest BCUT2D eigenvalue weighted by Gasteiger charge is -2.16. The van der Waals surface area contributed by atoms with Crippen LogP contribution in [0.3, 0.4) is 0 Å². The van der Waals surface area contributed by atoms with E-state index in [1.54, 1.807) is 18.5 Å². The first-order valence-corrected chi connectivity index (χ1v) is 10.6. The summed E-state index contributed by atoms with van der Waals surface area (Å²) in [6, 6.07) is 15.7. The highest BCUT2D eigenvalue weighted by atomic mass is 32.1. The molecule has 7 nitrogen and oxygen atoms in total. The molecule has 0 bridgehead atoms. The summed E-state index contributed by atoms with van der Waals surface area (Å²) in [5, 5.41) is 0. The molecule has 0 amide bonds. The van der Waals surface area contributed by atoms with Gasteiger partial charge in [0.1, 0.15) is 17.6 Å². The number of aromatic nitrogens is 3. The van der Waals surface area contributed by atoms with Crippen molar-refractivity contribution >= 4 is 11.5 Å². The minimum Gasteiger partial charge on any atom is -0.486 e. The van der Waals surface area contributed by atoms with Crippen molar-refractivity contribution in [1.29, 1.82) is 0 Å². The topological polar surface area (TPSA) is 86.3 Å². The van der Waals surface area contributed by atoms with E-state index in [9.17, 15) is 4.79 Å². The fourth-order valence-electron chi connectivity index (χ4n) is 3.68. The van der Waals surface area contributed by atoms with Crippen LogP contribution in [0.4, 0.5) is 0 Å². The van der Waals surface area contributed by atoms with E-state index in [4.69, 9.17) is 14.2 Å². The number of nitrogens with zero attached hydrogens (tertiary/aromatic N) is 2. The number of fused-ring (bicyclic) bond motifs is 1. The van der Waals surface area contributed by atoms with Crippen molar-refractivity contribution in [3.8, 4) is 33.7 Å². The number of nitrogens with one attached hydrogen (secondary N) is 1. The van der Waals surface area contributed by atoms with E-state index in [1.165, 1.54) is 18.6 Å². The van der Waals surface area contributed by atoms with Crippen molar-refractivity contribution in [3.05, 3.63) is 82.4 Å². The molecule has 0 aliphatic heterocycles. The van der Waals surface area contributed by atoms with Gasteiger partial charge in [0, 0.05) is 11.6 Å². The molecule has 4 aromatic rings. The molecule has 5 rings (SSSR count). The molecule has 0 saturated heterocycles. The fourth-order valence-corrected chi connectivity index (χ4v) is 4.37. The average Bonchev–Trinajstić information content (AvgIpc) is 3.42. The van der Waals surface area contributed by atoms with Crippen LogP contribution in [-0.2, 0) is 6.42 Å². The lowest BCUT2D eigenvalue weighted by Crippen LogP contribution is -2.03. The third kappa shape index (κ3) is 4.02. The van der Waals surface area contributed by atoms with Crippen LogP contribution in [0.2, 0.25) is 0 Å². The molecule has 1 aliphatic carbocycles. The molecule has 0 saturated carbocycles. The number of rotatable bonds is 6. The monoisotopic (exact) mass is 433 g/mol.